The van der Waals surface area contributed by atoms with Crippen molar-refractivity contribution in [3.05, 3.63) is 24.6 Å². The van der Waals surface area contributed by atoms with Gasteiger partial charge in [-0.05, 0) is 6.92 Å². The SMILES string of the molecule is [CH2]c1c[nH]c(CC)n1. The Morgan fingerprint density at radius 2 is 2.62 bits per heavy atom. The van der Waals surface area contributed by atoms with Crippen molar-refractivity contribution < 1.29 is 0 Å². The summed E-state index contributed by atoms with van der Waals surface area (Å²) in [5.41, 5.74) is 0.821. The first-order chi connectivity index (χ1) is 3.83. The average Bonchev–Trinajstić information content (AvgIpc) is 2.14. The molecule has 1 N–H and O–H groups in total. The van der Waals surface area contributed by atoms with Crippen LogP contribution in [-0.2, 0) is 6.42 Å². The van der Waals surface area contributed by atoms with Crippen molar-refractivity contribution in [1.82, 2.24) is 9.97 Å². The molecule has 0 aliphatic rings. The molecule has 43 valence electrons. The van der Waals surface area contributed by atoms with Crippen LogP contribution in [0.25, 0.3) is 0 Å². The predicted octanol–water partition coefficient (Wildman–Crippen LogP) is 1.15. The van der Waals surface area contributed by atoms with E-state index in [1.165, 1.54) is 0 Å². The maximum absolute atomic E-state index is 4.06. The van der Waals surface area contributed by atoms with Crippen molar-refractivity contribution in [2.24, 2.45) is 0 Å². The van der Waals surface area contributed by atoms with Crippen molar-refractivity contribution in [1.29, 1.82) is 0 Å². The minimum atomic E-state index is 0.821. The van der Waals surface area contributed by atoms with Gasteiger partial charge in [0.25, 0.3) is 0 Å². The second-order valence-electron chi connectivity index (χ2n) is 1.69. The molecular weight excluding hydrogens is 100 g/mol. The predicted molar refractivity (Wildman–Crippen MR) is 32.4 cm³/mol. The highest BCUT2D eigenvalue weighted by Crippen LogP contribution is 1.93. The van der Waals surface area contributed by atoms with E-state index in [1.807, 2.05) is 0 Å². The number of imidazole rings is 1. The second kappa shape index (κ2) is 1.99. The smallest absolute Gasteiger partial charge is 0.106 e. The minimum Gasteiger partial charge on any atom is -0.348 e. The van der Waals surface area contributed by atoms with Gasteiger partial charge in [-0.15, -0.1) is 0 Å². The lowest BCUT2D eigenvalue weighted by atomic mass is 10.5. The monoisotopic (exact) mass is 109 g/mol. The zero-order valence-electron chi connectivity index (χ0n) is 4.94. The summed E-state index contributed by atoms with van der Waals surface area (Å²) >= 11 is 0. The number of aromatic amines is 1. The lowest BCUT2D eigenvalue weighted by molar-refractivity contribution is 0.986. The first-order valence-electron chi connectivity index (χ1n) is 2.69. The zero-order valence-corrected chi connectivity index (χ0v) is 4.94. The minimum absolute atomic E-state index is 0.821. The maximum Gasteiger partial charge on any atom is 0.106 e. The molecule has 0 aliphatic carbocycles. The molecule has 1 heterocycles. The highest BCUT2D eigenvalue weighted by molar-refractivity contribution is 5.03. The van der Waals surface area contributed by atoms with Crippen LogP contribution >= 0.6 is 0 Å². The number of hydrogen-bond donors (Lipinski definition) is 1. The van der Waals surface area contributed by atoms with E-state index >= 15 is 0 Å². The number of nitrogens with one attached hydrogen (secondary N) is 1. The number of nitrogens with zero attached hydrogens (tertiary/aromatic N) is 1. The quantitative estimate of drug-likeness (QED) is 0.575. The van der Waals surface area contributed by atoms with E-state index in [9.17, 15) is 0 Å². The highest BCUT2D eigenvalue weighted by Gasteiger charge is 1.89. The van der Waals surface area contributed by atoms with E-state index in [2.05, 4.69) is 23.8 Å². The Hall–Kier alpha value is -0.790. The van der Waals surface area contributed by atoms with E-state index in [0.29, 0.717) is 0 Å². The standard InChI is InChI=1S/C6H9N2/c1-3-6-7-4-5(2)8-6/h4H,2-3H2,1H3,(H,7,8). The third kappa shape index (κ3) is 0.886. The first kappa shape index (κ1) is 5.35. The number of aryl methyl sites for hydroxylation is 1. The Kier molecular flexibility index (Phi) is 1.33. The van der Waals surface area contributed by atoms with Gasteiger partial charge in [-0.25, -0.2) is 4.98 Å². The van der Waals surface area contributed by atoms with Gasteiger partial charge in [0.2, 0.25) is 0 Å². The summed E-state index contributed by atoms with van der Waals surface area (Å²) in [6.45, 7) is 5.70. The van der Waals surface area contributed by atoms with Crippen molar-refractivity contribution in [3.8, 4) is 0 Å². The summed E-state index contributed by atoms with van der Waals surface area (Å²) in [4.78, 5) is 7.04. The molecular formula is C6H9N2. The van der Waals surface area contributed by atoms with E-state index in [-0.39, 0.29) is 0 Å². The molecule has 1 rings (SSSR count). The van der Waals surface area contributed by atoms with Crippen molar-refractivity contribution in [2.75, 3.05) is 0 Å². The second-order valence-corrected chi connectivity index (χ2v) is 1.69. The molecule has 0 spiro atoms. The van der Waals surface area contributed by atoms with Crippen molar-refractivity contribution in [2.45, 2.75) is 13.3 Å². The number of rotatable bonds is 1. The van der Waals surface area contributed by atoms with E-state index < -0.39 is 0 Å². The van der Waals surface area contributed by atoms with Crippen LogP contribution in [0.4, 0.5) is 0 Å². The van der Waals surface area contributed by atoms with Gasteiger partial charge in [0, 0.05) is 12.6 Å². The molecule has 0 atom stereocenters. The Labute approximate surface area is 49.0 Å². The van der Waals surface area contributed by atoms with Crippen molar-refractivity contribution >= 4 is 0 Å². The third-order valence-electron chi connectivity index (χ3n) is 1.02. The van der Waals surface area contributed by atoms with Crippen LogP contribution in [0.2, 0.25) is 0 Å². The van der Waals surface area contributed by atoms with Crippen LogP contribution in [-0.4, -0.2) is 9.97 Å². The molecule has 1 radical (unpaired) electrons. The van der Waals surface area contributed by atoms with Gasteiger partial charge >= 0.3 is 0 Å². The van der Waals surface area contributed by atoms with E-state index in [4.69, 9.17) is 0 Å². The largest absolute Gasteiger partial charge is 0.348 e. The van der Waals surface area contributed by atoms with Gasteiger partial charge in [-0.3, -0.25) is 0 Å². The molecule has 0 aromatic carbocycles. The van der Waals surface area contributed by atoms with Gasteiger partial charge in [-0.1, -0.05) is 6.92 Å². The highest BCUT2D eigenvalue weighted by atomic mass is 14.9. The fraction of sp³-hybridized carbons (Fsp3) is 0.333. The number of aromatic nitrogens is 2. The molecule has 0 fully saturated rings. The average molecular weight is 109 g/mol. The summed E-state index contributed by atoms with van der Waals surface area (Å²) in [7, 11) is 0. The van der Waals surface area contributed by atoms with Gasteiger partial charge in [0.05, 0.1) is 5.69 Å². The van der Waals surface area contributed by atoms with E-state index in [1.54, 1.807) is 6.20 Å². The fourth-order valence-electron chi connectivity index (χ4n) is 0.586. The lowest BCUT2D eigenvalue weighted by Gasteiger charge is -1.80. The topological polar surface area (TPSA) is 28.7 Å². The molecule has 0 bridgehead atoms. The summed E-state index contributed by atoms with van der Waals surface area (Å²) in [5.74, 6) is 1.01. The van der Waals surface area contributed by atoms with E-state index in [0.717, 1.165) is 17.9 Å². The van der Waals surface area contributed by atoms with Crippen LogP contribution in [0.15, 0.2) is 6.20 Å². The molecule has 2 nitrogen and oxygen atoms in total. The first-order valence-corrected chi connectivity index (χ1v) is 2.69. The fourth-order valence-corrected chi connectivity index (χ4v) is 0.586. The number of hydrogen-bond acceptors (Lipinski definition) is 1. The van der Waals surface area contributed by atoms with Crippen molar-refractivity contribution in [3.63, 3.8) is 0 Å². The molecule has 0 aliphatic heterocycles. The summed E-state index contributed by atoms with van der Waals surface area (Å²) in [5, 5.41) is 0. The molecule has 1 aromatic heterocycles. The Morgan fingerprint density at radius 1 is 1.88 bits per heavy atom. The van der Waals surface area contributed by atoms with Crippen LogP contribution in [0.1, 0.15) is 18.4 Å². The van der Waals surface area contributed by atoms with Crippen LogP contribution in [0.3, 0.4) is 0 Å². The molecule has 0 unspecified atom stereocenters. The van der Waals surface area contributed by atoms with Crippen LogP contribution < -0.4 is 0 Å². The Bertz CT molecular complexity index is 167. The van der Waals surface area contributed by atoms with Gasteiger partial charge < -0.3 is 4.98 Å². The molecule has 2 heteroatoms. The summed E-state index contributed by atoms with van der Waals surface area (Å²) in [6.07, 6.45) is 2.76. The Morgan fingerprint density at radius 3 is 2.88 bits per heavy atom. The zero-order chi connectivity index (χ0) is 5.98. The normalized spacial score (nSPS) is 9.75. The third-order valence-corrected chi connectivity index (χ3v) is 1.02. The van der Waals surface area contributed by atoms with Gasteiger partial charge in [0.1, 0.15) is 5.82 Å². The Balaban J connectivity index is 2.84. The molecule has 0 saturated carbocycles. The molecule has 0 amide bonds. The molecule has 8 heavy (non-hydrogen) atoms. The van der Waals surface area contributed by atoms with Gasteiger partial charge in [-0.2, -0.15) is 0 Å². The summed E-state index contributed by atoms with van der Waals surface area (Å²) in [6, 6.07) is 0. The maximum atomic E-state index is 4.06. The van der Waals surface area contributed by atoms with Crippen LogP contribution in [0.5, 0.6) is 0 Å². The lowest BCUT2D eigenvalue weighted by Crippen LogP contribution is -1.80. The van der Waals surface area contributed by atoms with Gasteiger partial charge in [0.15, 0.2) is 0 Å². The van der Waals surface area contributed by atoms with Crippen LogP contribution in [0, 0.1) is 6.92 Å². The molecule has 1 aromatic rings. The molecule has 0 saturated heterocycles. The summed E-state index contributed by atoms with van der Waals surface area (Å²) < 4.78 is 0. The number of H-pyrrole nitrogens is 1.